The van der Waals surface area contributed by atoms with Gasteiger partial charge in [0.25, 0.3) is 0 Å². The van der Waals surface area contributed by atoms with Gasteiger partial charge in [0.05, 0.1) is 22.0 Å². The predicted molar refractivity (Wildman–Crippen MR) is 98.7 cm³/mol. The van der Waals surface area contributed by atoms with Crippen LogP contribution >= 0.6 is 27.7 Å². The second-order valence-corrected chi connectivity index (χ2v) is 9.30. The molecule has 2 aromatic rings. The molecule has 1 unspecified atom stereocenters. The summed E-state index contributed by atoms with van der Waals surface area (Å²) >= 11 is 4.77. The normalized spacial score (nSPS) is 13.5. The molecule has 0 spiro atoms. The van der Waals surface area contributed by atoms with E-state index in [2.05, 4.69) is 36.2 Å². The Morgan fingerprint density at radius 2 is 1.96 bits per heavy atom. The van der Waals surface area contributed by atoms with Gasteiger partial charge in [0.1, 0.15) is 5.03 Å². The maximum absolute atomic E-state index is 11.0. The first-order valence-corrected chi connectivity index (χ1v) is 10.2. The van der Waals surface area contributed by atoms with E-state index < -0.39 is 20.7 Å². The molecule has 0 aliphatic carbocycles. The Labute approximate surface area is 158 Å². The number of halogens is 1. The summed E-state index contributed by atoms with van der Waals surface area (Å²) in [6.07, 6.45) is 2.83. The third kappa shape index (κ3) is 5.61. The summed E-state index contributed by atoms with van der Waals surface area (Å²) < 4.78 is 31.6. The highest BCUT2D eigenvalue weighted by molar-refractivity contribution is 9.10. The quantitative estimate of drug-likeness (QED) is 0.347. The number of aliphatic hydroxyl groups is 1. The van der Waals surface area contributed by atoms with Crippen LogP contribution in [0.2, 0.25) is 0 Å². The van der Waals surface area contributed by atoms with Crippen LogP contribution in [0.25, 0.3) is 0 Å². The van der Waals surface area contributed by atoms with Crippen LogP contribution in [-0.2, 0) is 10.1 Å². The number of thioether (sulfide) groups is 1. The molecule has 3 N–H and O–H groups in total. The van der Waals surface area contributed by atoms with E-state index in [1.807, 2.05) is 6.92 Å². The first-order chi connectivity index (χ1) is 11.5. The van der Waals surface area contributed by atoms with Gasteiger partial charge in [-0.3, -0.25) is 4.55 Å². The van der Waals surface area contributed by atoms with E-state index in [-0.39, 0.29) is 11.2 Å². The standard InChI is InChI=1S/C14H17BrN4O4S2/c1-8(14(2,3)20)24-12-10(15)7-17-13(19-12)18-9-4-5-11(16-6-9)25(21,22)23/h4-8,20H,1-3H3,(H,17,18,19)(H,21,22,23). The molecule has 2 rings (SSSR count). The van der Waals surface area contributed by atoms with Crippen molar-refractivity contribution in [2.24, 2.45) is 0 Å². The Hall–Kier alpha value is -1.27. The summed E-state index contributed by atoms with van der Waals surface area (Å²) in [6.45, 7) is 5.34. The molecule has 0 saturated heterocycles. The monoisotopic (exact) mass is 448 g/mol. The molecule has 0 aromatic carbocycles. The molecule has 0 radical (unpaired) electrons. The Balaban J connectivity index is 2.19. The molecule has 1 atom stereocenters. The van der Waals surface area contributed by atoms with Crippen molar-refractivity contribution in [3.8, 4) is 0 Å². The van der Waals surface area contributed by atoms with Gasteiger partial charge in [-0.2, -0.15) is 8.42 Å². The third-order valence-electron chi connectivity index (χ3n) is 3.25. The fourth-order valence-electron chi connectivity index (χ4n) is 1.54. The van der Waals surface area contributed by atoms with Gasteiger partial charge in [0.15, 0.2) is 5.03 Å². The van der Waals surface area contributed by atoms with Crippen LogP contribution in [0, 0.1) is 0 Å². The third-order valence-corrected chi connectivity index (χ3v) is 6.33. The van der Waals surface area contributed by atoms with Gasteiger partial charge < -0.3 is 10.4 Å². The molecule has 0 saturated carbocycles. The van der Waals surface area contributed by atoms with Gasteiger partial charge >= 0.3 is 10.1 Å². The number of pyridine rings is 1. The minimum absolute atomic E-state index is 0.109. The summed E-state index contributed by atoms with van der Waals surface area (Å²) in [5.74, 6) is 0.287. The summed E-state index contributed by atoms with van der Waals surface area (Å²) in [7, 11) is -4.34. The minimum atomic E-state index is -4.34. The number of hydrogen-bond acceptors (Lipinski definition) is 8. The molecule has 0 bridgehead atoms. The second kappa shape index (κ2) is 7.54. The predicted octanol–water partition coefficient (Wildman–Crippen LogP) is 2.88. The van der Waals surface area contributed by atoms with Gasteiger partial charge in [0.2, 0.25) is 5.95 Å². The number of nitrogens with zero attached hydrogens (tertiary/aromatic N) is 3. The van der Waals surface area contributed by atoms with Gasteiger partial charge in [-0.15, -0.1) is 0 Å². The van der Waals surface area contributed by atoms with Crippen LogP contribution in [0.3, 0.4) is 0 Å². The lowest BCUT2D eigenvalue weighted by Gasteiger charge is -2.25. The highest BCUT2D eigenvalue weighted by Gasteiger charge is 2.25. The smallest absolute Gasteiger partial charge is 0.312 e. The van der Waals surface area contributed by atoms with Gasteiger partial charge in [-0.05, 0) is 41.9 Å². The Bertz CT molecular complexity index is 854. The molecular formula is C14H17BrN4O4S2. The lowest BCUT2D eigenvalue weighted by molar-refractivity contribution is 0.0823. The van der Waals surface area contributed by atoms with Crippen LogP contribution in [0.15, 0.2) is 39.1 Å². The number of anilines is 2. The molecule has 2 aromatic heterocycles. The van der Waals surface area contributed by atoms with Crippen molar-refractivity contribution < 1.29 is 18.1 Å². The van der Waals surface area contributed by atoms with Crippen molar-refractivity contribution in [2.45, 2.75) is 41.7 Å². The molecule has 11 heteroatoms. The van der Waals surface area contributed by atoms with E-state index in [1.54, 1.807) is 20.0 Å². The highest BCUT2D eigenvalue weighted by atomic mass is 79.9. The van der Waals surface area contributed by atoms with Crippen molar-refractivity contribution in [1.29, 1.82) is 0 Å². The van der Waals surface area contributed by atoms with Crippen molar-refractivity contribution in [1.82, 2.24) is 15.0 Å². The molecule has 0 fully saturated rings. The molecule has 0 amide bonds. The fourth-order valence-corrected chi connectivity index (χ4v) is 3.37. The van der Waals surface area contributed by atoms with Gasteiger partial charge in [-0.1, -0.05) is 18.7 Å². The Morgan fingerprint density at radius 1 is 1.28 bits per heavy atom. The summed E-state index contributed by atoms with van der Waals surface area (Å²) in [5.41, 5.74) is -0.417. The zero-order valence-corrected chi connectivity index (χ0v) is 16.9. The summed E-state index contributed by atoms with van der Waals surface area (Å²) in [6, 6.07) is 2.61. The van der Waals surface area contributed by atoms with E-state index in [9.17, 15) is 13.5 Å². The summed E-state index contributed by atoms with van der Waals surface area (Å²) in [5, 5.41) is 13.1. The second-order valence-electron chi connectivity index (χ2n) is 5.75. The maximum atomic E-state index is 11.0. The lowest BCUT2D eigenvalue weighted by Crippen LogP contribution is -2.30. The SMILES string of the molecule is CC(Sc1nc(Nc2ccc(S(=O)(=O)O)nc2)ncc1Br)C(C)(C)O. The number of aromatic nitrogens is 3. The molecule has 8 nitrogen and oxygen atoms in total. The van der Waals surface area contributed by atoms with E-state index in [0.29, 0.717) is 15.2 Å². The Kier molecular flexibility index (Phi) is 6.05. The zero-order valence-electron chi connectivity index (χ0n) is 13.6. The average molecular weight is 449 g/mol. The molecule has 25 heavy (non-hydrogen) atoms. The molecular weight excluding hydrogens is 432 g/mol. The zero-order chi connectivity index (χ0) is 18.8. The topological polar surface area (TPSA) is 125 Å². The lowest BCUT2D eigenvalue weighted by atomic mass is 10.1. The van der Waals surface area contributed by atoms with E-state index in [0.717, 1.165) is 0 Å². The number of rotatable bonds is 6. The first kappa shape index (κ1) is 20.0. The number of nitrogens with one attached hydrogen (secondary N) is 1. The van der Waals surface area contributed by atoms with Gasteiger partial charge in [-0.25, -0.2) is 15.0 Å². The van der Waals surface area contributed by atoms with Crippen molar-refractivity contribution in [3.05, 3.63) is 29.0 Å². The van der Waals surface area contributed by atoms with Crippen molar-refractivity contribution in [2.75, 3.05) is 5.32 Å². The minimum Gasteiger partial charge on any atom is -0.389 e. The number of hydrogen-bond donors (Lipinski definition) is 3. The van der Waals surface area contributed by atoms with Crippen molar-refractivity contribution >= 4 is 49.4 Å². The van der Waals surface area contributed by atoms with Gasteiger partial charge in [0, 0.05) is 11.4 Å². The van der Waals surface area contributed by atoms with Crippen LogP contribution in [0.5, 0.6) is 0 Å². The van der Waals surface area contributed by atoms with Crippen LogP contribution in [0.1, 0.15) is 20.8 Å². The maximum Gasteiger partial charge on any atom is 0.312 e. The van der Waals surface area contributed by atoms with Crippen LogP contribution in [-0.4, -0.2) is 43.9 Å². The molecule has 0 aliphatic rings. The first-order valence-electron chi connectivity index (χ1n) is 7.09. The molecule has 0 aliphatic heterocycles. The fraction of sp³-hybridized carbons (Fsp3) is 0.357. The van der Waals surface area contributed by atoms with E-state index >= 15 is 0 Å². The van der Waals surface area contributed by atoms with Crippen molar-refractivity contribution in [3.63, 3.8) is 0 Å². The van der Waals surface area contributed by atoms with Crippen LogP contribution in [0.4, 0.5) is 11.6 Å². The molecule has 136 valence electrons. The largest absolute Gasteiger partial charge is 0.389 e. The van der Waals surface area contributed by atoms with E-state index in [1.165, 1.54) is 30.1 Å². The Morgan fingerprint density at radius 3 is 2.48 bits per heavy atom. The highest BCUT2D eigenvalue weighted by Crippen LogP contribution is 2.33. The van der Waals surface area contributed by atoms with E-state index in [4.69, 9.17) is 4.55 Å². The average Bonchev–Trinajstić information content (AvgIpc) is 2.49. The van der Waals surface area contributed by atoms with Crippen LogP contribution < -0.4 is 5.32 Å². The summed E-state index contributed by atoms with van der Waals surface area (Å²) in [4.78, 5) is 12.2. The molecule has 2 heterocycles.